The summed E-state index contributed by atoms with van der Waals surface area (Å²) in [7, 11) is 3.33. The maximum atomic E-state index is 12.6. The van der Waals surface area contributed by atoms with E-state index in [1.165, 1.54) is 11.8 Å². The van der Waals surface area contributed by atoms with Gasteiger partial charge in [-0.25, -0.2) is 0 Å². The molecule has 1 N–H and O–H groups in total. The minimum Gasteiger partial charge on any atom is -0.496 e. The molecule has 0 radical (unpaired) electrons. The van der Waals surface area contributed by atoms with Crippen LogP contribution >= 0.6 is 23.4 Å². The van der Waals surface area contributed by atoms with Gasteiger partial charge in [-0.15, -0.1) is 11.8 Å². The van der Waals surface area contributed by atoms with Crippen molar-refractivity contribution in [1.82, 2.24) is 4.90 Å². The molecule has 1 unspecified atom stereocenters. The number of thioether (sulfide) groups is 1. The summed E-state index contributed by atoms with van der Waals surface area (Å²) in [6.45, 7) is 0.425. The second kappa shape index (κ2) is 8.01. The number of fused-ring (bicyclic) bond motifs is 1. The first kappa shape index (κ1) is 18.6. The Hall–Kier alpha value is -2.18. The van der Waals surface area contributed by atoms with Crippen molar-refractivity contribution in [2.75, 3.05) is 19.5 Å². The number of nitrogens with one attached hydrogen (secondary N) is 1. The molecule has 26 heavy (non-hydrogen) atoms. The largest absolute Gasteiger partial charge is 0.496 e. The molecule has 2 aromatic rings. The Bertz CT molecular complexity index is 843. The lowest BCUT2D eigenvalue weighted by Gasteiger charge is -2.26. The highest BCUT2D eigenvalue weighted by molar-refractivity contribution is 8.01. The van der Waals surface area contributed by atoms with Gasteiger partial charge >= 0.3 is 0 Å². The van der Waals surface area contributed by atoms with Crippen LogP contribution in [0.1, 0.15) is 12.0 Å². The quantitative estimate of drug-likeness (QED) is 0.843. The highest BCUT2D eigenvalue weighted by Gasteiger charge is 2.30. The number of hydrogen-bond acceptors (Lipinski definition) is 4. The number of carbonyl (C=O) groups is 2. The molecule has 1 atom stereocenters. The van der Waals surface area contributed by atoms with E-state index in [4.69, 9.17) is 16.3 Å². The monoisotopic (exact) mass is 390 g/mol. The molecule has 1 aliphatic rings. The number of anilines is 1. The van der Waals surface area contributed by atoms with E-state index in [9.17, 15) is 9.59 Å². The fourth-order valence-electron chi connectivity index (χ4n) is 2.75. The maximum Gasteiger partial charge on any atom is 0.238 e. The maximum absolute atomic E-state index is 12.6. The minimum absolute atomic E-state index is 0.0963. The number of rotatable bonds is 5. The van der Waals surface area contributed by atoms with Crippen LogP contribution < -0.4 is 10.1 Å². The first-order valence-electron chi connectivity index (χ1n) is 8.11. The third-order valence-corrected chi connectivity index (χ3v) is 5.66. The first-order valence-corrected chi connectivity index (χ1v) is 9.36. The average molecular weight is 391 g/mol. The zero-order valence-electron chi connectivity index (χ0n) is 14.5. The highest BCUT2D eigenvalue weighted by atomic mass is 35.5. The molecule has 7 heteroatoms. The summed E-state index contributed by atoms with van der Waals surface area (Å²) in [6, 6.07) is 12.9. The molecule has 0 saturated carbocycles. The number of hydrogen-bond donors (Lipinski definition) is 1. The van der Waals surface area contributed by atoms with Crippen molar-refractivity contribution in [2.24, 2.45) is 0 Å². The SMILES string of the molecule is COc1ccccc1CN(C)C(=O)CC1Sc2ccc(Cl)cc2NC1=O. The molecular weight excluding hydrogens is 372 g/mol. The van der Waals surface area contributed by atoms with Gasteiger partial charge in [0.2, 0.25) is 11.8 Å². The van der Waals surface area contributed by atoms with Crippen molar-refractivity contribution in [3.63, 3.8) is 0 Å². The Morgan fingerprint density at radius 3 is 2.85 bits per heavy atom. The van der Waals surface area contributed by atoms with E-state index in [0.29, 0.717) is 17.3 Å². The Balaban J connectivity index is 1.65. The van der Waals surface area contributed by atoms with Gasteiger partial charge in [-0.05, 0) is 24.3 Å². The molecule has 0 saturated heterocycles. The van der Waals surface area contributed by atoms with Crippen molar-refractivity contribution in [2.45, 2.75) is 23.1 Å². The lowest BCUT2D eigenvalue weighted by molar-refractivity contribution is -0.131. The van der Waals surface area contributed by atoms with Gasteiger partial charge in [-0.3, -0.25) is 9.59 Å². The van der Waals surface area contributed by atoms with E-state index in [0.717, 1.165) is 16.2 Å². The van der Waals surface area contributed by atoms with Gasteiger partial charge in [0, 0.05) is 35.5 Å². The molecule has 2 aromatic carbocycles. The summed E-state index contributed by atoms with van der Waals surface area (Å²) in [4.78, 5) is 27.4. The van der Waals surface area contributed by atoms with E-state index in [2.05, 4.69) is 5.32 Å². The molecule has 1 aliphatic heterocycles. The Kier molecular flexibility index (Phi) is 5.74. The number of para-hydroxylation sites is 1. The van der Waals surface area contributed by atoms with E-state index < -0.39 is 5.25 Å². The van der Waals surface area contributed by atoms with E-state index in [1.54, 1.807) is 31.2 Å². The number of halogens is 1. The molecule has 5 nitrogen and oxygen atoms in total. The van der Waals surface area contributed by atoms with Crippen molar-refractivity contribution in [3.8, 4) is 5.75 Å². The third kappa shape index (κ3) is 4.14. The minimum atomic E-state index is -0.462. The van der Waals surface area contributed by atoms with Crippen LogP contribution in [0.25, 0.3) is 0 Å². The summed E-state index contributed by atoms with van der Waals surface area (Å²) in [6.07, 6.45) is 0.129. The van der Waals surface area contributed by atoms with Crippen LogP contribution in [0.3, 0.4) is 0 Å². The first-order chi connectivity index (χ1) is 12.5. The number of amides is 2. The summed E-state index contributed by atoms with van der Waals surface area (Å²) in [5.41, 5.74) is 1.62. The smallest absolute Gasteiger partial charge is 0.238 e. The topological polar surface area (TPSA) is 58.6 Å². The molecule has 0 fully saturated rings. The van der Waals surface area contributed by atoms with E-state index >= 15 is 0 Å². The van der Waals surface area contributed by atoms with Crippen LogP contribution in [-0.4, -0.2) is 36.1 Å². The number of methoxy groups -OCH3 is 1. The molecule has 0 aliphatic carbocycles. The van der Waals surface area contributed by atoms with Crippen LogP contribution in [0.4, 0.5) is 5.69 Å². The number of carbonyl (C=O) groups excluding carboxylic acids is 2. The Morgan fingerprint density at radius 2 is 2.08 bits per heavy atom. The van der Waals surface area contributed by atoms with Crippen LogP contribution in [0, 0.1) is 0 Å². The summed E-state index contributed by atoms with van der Waals surface area (Å²) < 4.78 is 5.32. The van der Waals surface area contributed by atoms with Crippen molar-refractivity contribution >= 4 is 40.9 Å². The average Bonchev–Trinajstić information content (AvgIpc) is 2.62. The van der Waals surface area contributed by atoms with Crippen LogP contribution in [0.5, 0.6) is 5.75 Å². The lowest BCUT2D eigenvalue weighted by Crippen LogP contribution is -2.35. The summed E-state index contributed by atoms with van der Waals surface area (Å²) >= 11 is 7.35. The molecule has 0 spiro atoms. The highest BCUT2D eigenvalue weighted by Crippen LogP contribution is 2.38. The van der Waals surface area contributed by atoms with Gasteiger partial charge < -0.3 is 15.0 Å². The molecule has 136 valence electrons. The third-order valence-electron chi connectivity index (χ3n) is 4.15. The van der Waals surface area contributed by atoms with Gasteiger partial charge in [-0.1, -0.05) is 29.8 Å². The molecule has 2 amide bonds. The van der Waals surface area contributed by atoms with Gasteiger partial charge in [-0.2, -0.15) is 0 Å². The Morgan fingerprint density at radius 1 is 1.31 bits per heavy atom. The number of nitrogens with zero attached hydrogens (tertiary/aromatic N) is 1. The van der Waals surface area contributed by atoms with Gasteiger partial charge in [0.25, 0.3) is 0 Å². The van der Waals surface area contributed by atoms with Gasteiger partial charge in [0.15, 0.2) is 0 Å². The standard InChI is InChI=1S/C19H19ClN2O3S/c1-22(11-12-5-3-4-6-15(12)25-2)18(23)10-17-19(24)21-14-9-13(20)7-8-16(14)26-17/h3-9,17H,10-11H2,1-2H3,(H,21,24). The predicted molar refractivity (Wildman–Crippen MR) is 104 cm³/mol. The van der Waals surface area contributed by atoms with Crippen LogP contribution in [0.2, 0.25) is 5.02 Å². The lowest BCUT2D eigenvalue weighted by atomic mass is 10.1. The Labute approximate surface area is 161 Å². The number of ether oxygens (including phenoxy) is 1. The van der Waals surface area contributed by atoms with Crippen LogP contribution in [-0.2, 0) is 16.1 Å². The molecule has 1 heterocycles. The normalized spacial score (nSPS) is 15.8. The molecule has 0 aromatic heterocycles. The van der Waals surface area contributed by atoms with Gasteiger partial charge in [0.1, 0.15) is 5.75 Å². The van der Waals surface area contributed by atoms with Gasteiger partial charge in [0.05, 0.1) is 18.0 Å². The predicted octanol–water partition coefficient (Wildman–Crippen LogP) is 3.81. The van der Waals surface area contributed by atoms with E-state index in [1.807, 2.05) is 30.3 Å². The molecule has 0 bridgehead atoms. The summed E-state index contributed by atoms with van der Waals surface area (Å²) in [5, 5.41) is 2.93. The second-order valence-electron chi connectivity index (χ2n) is 6.00. The fourth-order valence-corrected chi connectivity index (χ4v) is 4.00. The second-order valence-corrected chi connectivity index (χ2v) is 7.68. The van der Waals surface area contributed by atoms with Crippen molar-refractivity contribution < 1.29 is 14.3 Å². The van der Waals surface area contributed by atoms with Crippen molar-refractivity contribution in [3.05, 3.63) is 53.1 Å². The van der Waals surface area contributed by atoms with E-state index in [-0.39, 0.29) is 18.2 Å². The fraction of sp³-hybridized carbons (Fsp3) is 0.263. The zero-order chi connectivity index (χ0) is 18.7. The zero-order valence-corrected chi connectivity index (χ0v) is 16.1. The van der Waals surface area contributed by atoms with Crippen molar-refractivity contribution in [1.29, 1.82) is 0 Å². The number of benzene rings is 2. The molecular formula is C19H19ClN2O3S. The molecule has 3 rings (SSSR count). The van der Waals surface area contributed by atoms with Crippen LogP contribution in [0.15, 0.2) is 47.4 Å². The summed E-state index contributed by atoms with van der Waals surface area (Å²) in [5.74, 6) is 0.465.